The number of hydrogen-bond acceptors (Lipinski definition) is 26. The van der Waals surface area contributed by atoms with Crippen molar-refractivity contribution in [2.75, 3.05) is 200 Å². The van der Waals surface area contributed by atoms with E-state index in [4.69, 9.17) is 85.0 Å². The molecule has 0 spiro atoms. The van der Waals surface area contributed by atoms with Crippen LogP contribution < -0.4 is 43.6 Å². The maximum Gasteiger partial charge on any atom is 0.269 e. The van der Waals surface area contributed by atoms with Crippen LogP contribution in [0.1, 0.15) is 86.4 Å². The van der Waals surface area contributed by atoms with Gasteiger partial charge < -0.3 is 61.5 Å². The number of carbonyl (C=O) groups is 2. The molecule has 11 rings (SSSR count). The van der Waals surface area contributed by atoms with E-state index in [1.807, 2.05) is 150 Å². The molecule has 9 aromatic carbocycles. The normalized spacial score (nSPS) is 12.0. The fourth-order valence-electron chi connectivity index (χ4n) is 12.5. The lowest BCUT2D eigenvalue weighted by Crippen LogP contribution is -2.38. The minimum absolute atomic E-state index is 0. The number of aromatic amines is 2. The van der Waals surface area contributed by atoms with Gasteiger partial charge in [-0.15, -0.1) is 24.0 Å². The van der Waals surface area contributed by atoms with Crippen molar-refractivity contribution in [3.8, 4) is 11.8 Å². The van der Waals surface area contributed by atoms with E-state index in [9.17, 15) is 82.1 Å². The van der Waals surface area contributed by atoms with E-state index in [0.29, 0.717) is 166 Å². The Morgan fingerprint density at radius 2 is 0.750 bits per heavy atom. The van der Waals surface area contributed by atoms with Crippen molar-refractivity contribution in [2.45, 2.75) is 13.8 Å². The molecular formula is C90H141B6Cl2N19O18S5. The molecule has 0 atom stereocenters. The Kier molecular flexibility index (Phi) is 43.0. The Morgan fingerprint density at radius 3 is 1.01 bits per heavy atom. The molecule has 11 aromatic rings. The number of nitrogen functional groups attached to an aromatic ring is 1. The number of nitro benzene ring substituents is 2. The second-order valence-corrected chi connectivity index (χ2v) is 41.9. The summed E-state index contributed by atoms with van der Waals surface area (Å²) in [6, 6.07) is 60.7. The van der Waals surface area contributed by atoms with Gasteiger partial charge in [0.15, 0.2) is 11.8 Å². The van der Waals surface area contributed by atoms with Gasteiger partial charge in [-0.2, -0.15) is 0 Å². The van der Waals surface area contributed by atoms with E-state index in [-0.39, 0.29) is 50.2 Å². The third-order valence-electron chi connectivity index (χ3n) is 19.4. The fraction of sp³-hybridized carbons (Fsp3) is 0.311. The number of nitrogens with two attached hydrogens (primary N) is 1. The van der Waals surface area contributed by atoms with Gasteiger partial charge in [0, 0.05) is 231 Å². The maximum atomic E-state index is 12.4. The van der Waals surface area contributed by atoms with Crippen molar-refractivity contribution >= 4 is 220 Å². The second kappa shape index (κ2) is 57.1. The zero-order chi connectivity index (χ0) is 122. The maximum absolute atomic E-state index is 12.4. The first kappa shape index (κ1) is 105. The first-order valence-electron chi connectivity index (χ1n) is 51.9. The first-order valence-corrected chi connectivity index (χ1v) is 52.7. The number of nitrogens with zero attached hydrogens (tertiary/aromatic N) is 12. The van der Waals surface area contributed by atoms with E-state index >= 15 is 0 Å². The third-order valence-corrected chi connectivity index (χ3v) is 24.9. The molecule has 0 aliphatic heterocycles. The lowest BCUT2D eigenvalue weighted by Gasteiger charge is -2.24. The Morgan fingerprint density at radius 1 is 0.450 bits per heavy atom. The number of aromatic hydroxyl groups is 2. The molecule has 0 fully saturated rings. The SMILES string of the molecule is CCNC(=O)c1ccc2c(C(=Nc3ccc(N(CCN(C)C)S(C)(=O)=O)cc3)c3ccccc3)c(O)[nH]c2c1.CCNC(=O)c1ccc2c(C(=Nc3ccc(N(CCNC)S(C)(=O)=O)cc3)c3ccccc3)c(O)[nH]c2c1.CN(C)CCCl.CN(C)CCN(c1ccc(N)cc1)S(C)(=O)=O.CN(C)CCN(c1ccc([N+](=O)[O-])cc1)S(C)(=O)=O.CS(=O)(=O)Nc1ccc([N+](=O)[O-])cc1.Cl.[2HH].[2HH].[2H][2H].[2H][2H].[2H][2H].[2H][2H].[2H][2H].[2H][2H].[2H][2H].[2H][2H].[2H][2H].[B]B([B])B([B])[B]. The minimum atomic E-state index is -3.47. The van der Waals surface area contributed by atoms with Gasteiger partial charge in [0.05, 0.1) is 97.8 Å². The highest BCUT2D eigenvalue weighted by atomic mass is 35.5. The van der Waals surface area contributed by atoms with Crippen LogP contribution in [0, 0.1) is 20.2 Å². The molecule has 2 heterocycles. The summed E-state index contributed by atoms with van der Waals surface area (Å²) in [5, 5.41) is 52.7. The second-order valence-electron chi connectivity index (χ2n) is 32.2. The van der Waals surface area contributed by atoms with Crippen molar-refractivity contribution in [3.05, 3.63) is 272 Å². The molecule has 0 bridgehead atoms. The molecular weight excluding hydrogens is 1930 g/mol. The van der Waals surface area contributed by atoms with E-state index in [0.717, 1.165) is 36.1 Å². The molecule has 2 aromatic heterocycles. The summed E-state index contributed by atoms with van der Waals surface area (Å²) < 4.78 is 215. The Labute approximate surface area is 869 Å². The molecule has 0 saturated heterocycles. The summed E-state index contributed by atoms with van der Waals surface area (Å²) in [6.07, 6.45) is 4.52. The highest BCUT2D eigenvalue weighted by Crippen LogP contribution is 2.36. The molecule has 37 nitrogen and oxygen atoms in total. The van der Waals surface area contributed by atoms with Crippen LogP contribution in [0.15, 0.2) is 228 Å². The van der Waals surface area contributed by atoms with Gasteiger partial charge in [0.1, 0.15) is 0 Å². The average Bonchev–Trinajstić information content (AvgIpc) is 1.62. The Balaban J connectivity index is -0.000000292. The Hall–Kier alpha value is -11.9. The number of alkyl halides is 1. The number of fused-ring (bicyclic) bond motifs is 2. The lowest BCUT2D eigenvalue weighted by atomic mass is 8.81. The molecule has 0 aliphatic rings. The summed E-state index contributed by atoms with van der Waals surface area (Å²) in [7, 11) is 20.0. The van der Waals surface area contributed by atoms with Gasteiger partial charge in [-0.25, -0.2) is 52.1 Å². The molecule has 2 amide bonds. The third kappa shape index (κ3) is 40.3. The predicted octanol–water partition coefficient (Wildman–Crippen LogP) is 12.0. The summed E-state index contributed by atoms with van der Waals surface area (Å²) in [4.78, 5) is 67.9. The van der Waals surface area contributed by atoms with Crippen molar-refractivity contribution in [1.29, 1.82) is 0 Å². The zero-order valence-electron chi connectivity index (χ0n) is 98.9. The number of non-ortho nitro benzene ring substituents is 2. The van der Waals surface area contributed by atoms with Gasteiger partial charge >= 0.3 is 0 Å². The molecule has 140 heavy (non-hydrogen) atoms. The van der Waals surface area contributed by atoms with Crippen LogP contribution in [0.4, 0.5) is 56.9 Å². The lowest BCUT2D eigenvalue weighted by molar-refractivity contribution is -0.385. The fourth-order valence-corrected chi connectivity index (χ4v) is 17.1. The van der Waals surface area contributed by atoms with Crippen LogP contribution in [0.5, 0.6) is 11.8 Å². The number of rotatable bonds is 37. The monoisotopic (exact) mass is 2090 g/mol. The van der Waals surface area contributed by atoms with E-state index in [1.54, 1.807) is 116 Å². The molecule has 0 aliphatic carbocycles. The molecule has 10 N–H and O–H groups in total. The quantitative estimate of drug-likeness (QED) is 0.00436. The minimum Gasteiger partial charge on any atom is -0.494 e. The number of amides is 2. The number of benzene rings is 9. The first-order chi connectivity index (χ1) is 74.1. The largest absolute Gasteiger partial charge is 0.494 e. The van der Waals surface area contributed by atoms with E-state index < -0.39 is 72.7 Å². The van der Waals surface area contributed by atoms with Crippen molar-refractivity contribution in [3.63, 3.8) is 0 Å². The summed E-state index contributed by atoms with van der Waals surface area (Å²) in [6.45, 7) is 9.36. The number of H-pyrrole nitrogens is 2. The van der Waals surface area contributed by atoms with Crippen LogP contribution in [0.3, 0.4) is 0 Å². The molecule has 50 heteroatoms. The number of carbonyl (C=O) groups excluding carboxylic acids is 2. The number of aliphatic imine (C=N–C) groups is 2. The van der Waals surface area contributed by atoms with Crippen LogP contribution in [-0.2, 0) is 50.1 Å². The highest BCUT2D eigenvalue weighted by Gasteiger charge is 2.26. The van der Waals surface area contributed by atoms with Crippen LogP contribution in [0.25, 0.3) is 21.8 Å². The van der Waals surface area contributed by atoms with Gasteiger partial charge in [-0.1, -0.05) is 72.8 Å². The van der Waals surface area contributed by atoms with Crippen molar-refractivity contribution < 1.29 is 101 Å². The van der Waals surface area contributed by atoms with Crippen molar-refractivity contribution in [1.82, 2.24) is 45.5 Å². The number of halogens is 2. The number of sulfonamides is 5. The number of likely N-dealkylation sites (N-methyl/N-ethyl adjacent to an activating group) is 4. The van der Waals surface area contributed by atoms with Gasteiger partial charge in [0.25, 0.3) is 23.2 Å². The van der Waals surface area contributed by atoms with Crippen molar-refractivity contribution in [2.24, 2.45) is 9.98 Å². The van der Waals surface area contributed by atoms with E-state index in [1.165, 1.54) is 84.5 Å². The van der Waals surface area contributed by atoms with Crippen LogP contribution in [0.2, 0.25) is 0 Å². The predicted molar refractivity (Wildman–Crippen MR) is 600 cm³/mol. The number of nitro groups is 2. The highest BCUT2D eigenvalue weighted by molar-refractivity contribution is 7.93. The molecule has 8 radical (unpaired) electrons. The number of anilines is 6. The van der Waals surface area contributed by atoms with Crippen LogP contribution >= 0.6 is 24.0 Å². The summed E-state index contributed by atoms with van der Waals surface area (Å²) >= 11 is 5.35. The Bertz CT molecular complexity index is 6590. The van der Waals surface area contributed by atoms with Gasteiger partial charge in [-0.3, -0.25) is 51.8 Å². The zero-order valence-corrected chi connectivity index (χ0v) is 86.6. The summed E-state index contributed by atoms with van der Waals surface area (Å²) in [5.41, 5.74) is 15.5. The number of nitrogens with one attached hydrogen (secondary N) is 6. The van der Waals surface area contributed by atoms with Gasteiger partial charge in [0.2, 0.25) is 50.1 Å². The van der Waals surface area contributed by atoms with Gasteiger partial charge in [-0.05, 0) is 199 Å². The molecule has 0 unspecified atom stereocenters. The standard InChI is InChI=1S/C29H33N5O4S.C28H31N5O4S.C11H17N3O4S.C11H19N3O2S.C7H8N2O4S.C4H10ClN.B6.ClH.11H2/c1-5-30-28(35)21-11-16-24-25(19-21)32-29(36)26(24)27(20-9-7-6-8-10-20)31-22-12-14-23(15-13-22)34(39(4,37)38)18-17-33(2)3;1-4-30-27(34)20-10-15-23-24(18-20)32-28(35)25(23)26(19-8-6-5-7-9-19)31-21-11-13-22(14-12-21)33(17-16-29-2)38(3,36)37;1-12(2)8-9-13(19(3,17)18)10-4-6-11(7-5-10)14(15)16;1-13(2)8-9-14(17(3,15)16)11-6-4-10(12)5-7-11;1-14(12,13)8-6-2-4-7(5-3-6)9(10)11;1-6(2)4-3-5;1-5(2)6(3)4;;;;;;;;;;;;/h6-16,19,32,36H,5,17-18H2,1-4H3,(H,30,35);5-15,18,29,32,35H,4,16-17H2,1-3H3,(H,30,34);4-7H,8-9H2,1-3H3;4-7H,8-9,12H2,1-3H3;2-5,8H,1H3;3-4H2,1-2H3;;12*1H/i;;;;;;;;9*1+1D;2*1+1. The van der Waals surface area contributed by atoms with Crippen LogP contribution in [-0.4, -0.2) is 331 Å². The van der Waals surface area contributed by atoms with E-state index in [2.05, 4.69) is 30.6 Å². The summed E-state index contributed by atoms with van der Waals surface area (Å²) in [5.74, 6) is 0.208. The average molecular weight is 2090 g/mol. The molecule has 0 saturated carbocycles. The number of hydrogen-bond donors (Lipinski definition) is 9. The smallest absolute Gasteiger partial charge is 0.269 e. The number of aromatic nitrogens is 2. The topological polar surface area (TPSA) is 488 Å². The molecule has 766 valence electrons.